The molecule has 0 aromatic carbocycles. The highest BCUT2D eigenvalue weighted by Crippen LogP contribution is 2.27. The molecule has 2 rings (SSSR count). The van der Waals surface area contributed by atoms with Gasteiger partial charge in [-0.25, -0.2) is 19.9 Å². The number of hydrogen-bond acceptors (Lipinski definition) is 5. The third kappa shape index (κ3) is 2.18. The summed E-state index contributed by atoms with van der Waals surface area (Å²) in [4.78, 5) is 15.9. The van der Waals surface area contributed by atoms with Crippen molar-refractivity contribution in [2.24, 2.45) is 0 Å². The van der Waals surface area contributed by atoms with Crippen LogP contribution in [0.15, 0.2) is 41.0 Å². The first-order chi connectivity index (χ1) is 6.86. The highest BCUT2D eigenvalue weighted by molar-refractivity contribution is 7.99. The van der Waals surface area contributed by atoms with E-state index in [1.54, 1.807) is 24.7 Å². The van der Waals surface area contributed by atoms with E-state index >= 15 is 0 Å². The van der Waals surface area contributed by atoms with E-state index in [1.807, 2.05) is 0 Å². The average Bonchev–Trinajstić information content (AvgIpc) is 2.23. The predicted octanol–water partition coefficient (Wildman–Crippen LogP) is 2.07. The summed E-state index contributed by atoms with van der Waals surface area (Å²) in [7, 11) is 0. The molecule has 0 bridgehead atoms. The molecular formula is C8H5ClN4S. The Morgan fingerprint density at radius 2 is 1.93 bits per heavy atom. The van der Waals surface area contributed by atoms with Crippen LogP contribution in [0.5, 0.6) is 0 Å². The van der Waals surface area contributed by atoms with E-state index in [4.69, 9.17) is 11.6 Å². The van der Waals surface area contributed by atoms with E-state index in [1.165, 1.54) is 18.1 Å². The topological polar surface area (TPSA) is 51.6 Å². The molecule has 0 saturated carbocycles. The minimum absolute atomic E-state index is 0.385. The monoisotopic (exact) mass is 224 g/mol. The van der Waals surface area contributed by atoms with Crippen LogP contribution >= 0.6 is 23.4 Å². The second kappa shape index (κ2) is 4.34. The Balaban J connectivity index is 2.24. The molecule has 0 aliphatic carbocycles. The summed E-state index contributed by atoms with van der Waals surface area (Å²) in [5.74, 6) is 0. The fourth-order valence-corrected chi connectivity index (χ4v) is 1.71. The Labute approximate surface area is 89.8 Å². The molecular weight excluding hydrogens is 220 g/mol. The van der Waals surface area contributed by atoms with Gasteiger partial charge in [0.05, 0.1) is 0 Å². The maximum Gasteiger partial charge on any atom is 0.161 e. The van der Waals surface area contributed by atoms with E-state index in [0.717, 1.165) is 5.03 Å². The standard InChI is InChI=1S/C8H5ClN4S/c9-7-8(12-4-3-11-7)14-6-1-2-10-5-13-6/h1-5H. The van der Waals surface area contributed by atoms with Gasteiger partial charge in [0.15, 0.2) is 5.15 Å². The van der Waals surface area contributed by atoms with Gasteiger partial charge < -0.3 is 0 Å². The van der Waals surface area contributed by atoms with Crippen molar-refractivity contribution in [2.75, 3.05) is 0 Å². The van der Waals surface area contributed by atoms with Crippen LogP contribution < -0.4 is 0 Å². The first-order valence-electron chi connectivity index (χ1n) is 3.76. The summed E-state index contributed by atoms with van der Waals surface area (Å²) in [6, 6.07) is 1.79. The van der Waals surface area contributed by atoms with Crippen LogP contribution in [-0.2, 0) is 0 Å². The third-order valence-electron chi connectivity index (χ3n) is 1.38. The summed E-state index contributed by atoms with van der Waals surface area (Å²) in [6.45, 7) is 0. The Bertz CT molecular complexity index is 423. The SMILES string of the molecule is Clc1nccnc1Sc1ccncn1. The van der Waals surface area contributed by atoms with Gasteiger partial charge in [0.25, 0.3) is 0 Å². The van der Waals surface area contributed by atoms with Crippen molar-refractivity contribution >= 4 is 23.4 Å². The molecule has 0 atom stereocenters. The normalized spacial score (nSPS) is 10.1. The number of halogens is 1. The molecule has 6 heteroatoms. The van der Waals surface area contributed by atoms with Gasteiger partial charge in [0, 0.05) is 18.6 Å². The van der Waals surface area contributed by atoms with Gasteiger partial charge in [0.2, 0.25) is 0 Å². The number of aromatic nitrogens is 4. The highest BCUT2D eigenvalue weighted by Gasteiger charge is 2.04. The zero-order valence-corrected chi connectivity index (χ0v) is 8.53. The first kappa shape index (κ1) is 9.36. The molecule has 2 aromatic heterocycles. The Kier molecular flexibility index (Phi) is 2.90. The number of nitrogens with zero attached hydrogens (tertiary/aromatic N) is 4. The maximum atomic E-state index is 5.84. The van der Waals surface area contributed by atoms with E-state index < -0.39 is 0 Å². The van der Waals surface area contributed by atoms with Crippen molar-refractivity contribution in [3.05, 3.63) is 36.1 Å². The third-order valence-corrected chi connectivity index (χ3v) is 2.71. The van der Waals surface area contributed by atoms with Crippen LogP contribution in [0, 0.1) is 0 Å². The van der Waals surface area contributed by atoms with Gasteiger partial charge in [-0.2, -0.15) is 0 Å². The second-order valence-electron chi connectivity index (χ2n) is 2.30. The summed E-state index contributed by atoms with van der Waals surface area (Å²) in [5, 5.41) is 1.83. The quantitative estimate of drug-likeness (QED) is 0.731. The van der Waals surface area contributed by atoms with E-state index in [9.17, 15) is 0 Å². The zero-order valence-electron chi connectivity index (χ0n) is 6.96. The molecule has 2 heterocycles. The molecule has 0 fully saturated rings. The predicted molar refractivity (Wildman–Crippen MR) is 53.2 cm³/mol. The molecule has 0 aliphatic rings. The summed E-state index contributed by atoms with van der Waals surface area (Å²) in [5.41, 5.74) is 0. The van der Waals surface area contributed by atoms with Gasteiger partial charge in [-0.05, 0) is 17.8 Å². The van der Waals surface area contributed by atoms with Crippen LogP contribution in [0.1, 0.15) is 0 Å². The van der Waals surface area contributed by atoms with Crippen LogP contribution in [0.2, 0.25) is 5.15 Å². The van der Waals surface area contributed by atoms with Crippen molar-refractivity contribution in [1.82, 2.24) is 19.9 Å². The lowest BCUT2D eigenvalue weighted by Crippen LogP contribution is -1.86. The molecule has 0 aliphatic heterocycles. The largest absolute Gasteiger partial charge is 0.245 e. The smallest absolute Gasteiger partial charge is 0.161 e. The van der Waals surface area contributed by atoms with E-state index in [2.05, 4.69) is 19.9 Å². The summed E-state index contributed by atoms with van der Waals surface area (Å²) in [6.07, 6.45) is 6.29. The van der Waals surface area contributed by atoms with Crippen molar-refractivity contribution in [2.45, 2.75) is 10.1 Å². The Morgan fingerprint density at radius 1 is 1.07 bits per heavy atom. The van der Waals surface area contributed by atoms with Crippen molar-refractivity contribution in [1.29, 1.82) is 0 Å². The van der Waals surface area contributed by atoms with Gasteiger partial charge in [-0.15, -0.1) is 0 Å². The number of hydrogen-bond donors (Lipinski definition) is 0. The summed E-state index contributed by atoms with van der Waals surface area (Å²) < 4.78 is 0. The molecule has 0 unspecified atom stereocenters. The lowest BCUT2D eigenvalue weighted by atomic mass is 10.7. The molecule has 14 heavy (non-hydrogen) atoms. The minimum Gasteiger partial charge on any atom is -0.245 e. The second-order valence-corrected chi connectivity index (χ2v) is 3.67. The Morgan fingerprint density at radius 3 is 2.64 bits per heavy atom. The van der Waals surface area contributed by atoms with Crippen molar-refractivity contribution in [3.63, 3.8) is 0 Å². The first-order valence-corrected chi connectivity index (χ1v) is 4.96. The van der Waals surface area contributed by atoms with Gasteiger partial charge in [0.1, 0.15) is 16.4 Å². The van der Waals surface area contributed by atoms with Crippen LogP contribution in [0.25, 0.3) is 0 Å². The van der Waals surface area contributed by atoms with Crippen molar-refractivity contribution in [3.8, 4) is 0 Å². The molecule has 0 amide bonds. The van der Waals surface area contributed by atoms with Crippen LogP contribution in [0.3, 0.4) is 0 Å². The molecule has 0 saturated heterocycles. The molecule has 70 valence electrons. The molecule has 0 N–H and O–H groups in total. The lowest BCUT2D eigenvalue weighted by Gasteiger charge is -1.99. The fourth-order valence-electron chi connectivity index (χ4n) is 0.815. The molecule has 4 nitrogen and oxygen atoms in total. The minimum atomic E-state index is 0.385. The fraction of sp³-hybridized carbons (Fsp3) is 0. The summed E-state index contributed by atoms with van der Waals surface area (Å²) >= 11 is 7.19. The van der Waals surface area contributed by atoms with Crippen molar-refractivity contribution < 1.29 is 0 Å². The lowest BCUT2D eigenvalue weighted by molar-refractivity contribution is 1.02. The molecule has 2 aromatic rings. The average molecular weight is 225 g/mol. The Hall–Kier alpha value is -1.20. The number of rotatable bonds is 2. The van der Waals surface area contributed by atoms with Gasteiger partial charge >= 0.3 is 0 Å². The highest BCUT2D eigenvalue weighted by atomic mass is 35.5. The molecule has 0 spiro atoms. The van der Waals surface area contributed by atoms with Gasteiger partial charge in [-0.3, -0.25) is 0 Å². The zero-order chi connectivity index (χ0) is 9.80. The maximum absolute atomic E-state index is 5.84. The molecule has 0 radical (unpaired) electrons. The van der Waals surface area contributed by atoms with E-state index in [0.29, 0.717) is 10.2 Å². The van der Waals surface area contributed by atoms with E-state index in [-0.39, 0.29) is 0 Å². The van der Waals surface area contributed by atoms with Crippen LogP contribution in [0.4, 0.5) is 0 Å². The van der Waals surface area contributed by atoms with Crippen LogP contribution in [-0.4, -0.2) is 19.9 Å². The van der Waals surface area contributed by atoms with Gasteiger partial charge in [-0.1, -0.05) is 11.6 Å².